The summed E-state index contributed by atoms with van der Waals surface area (Å²) < 4.78 is 5.10. The van der Waals surface area contributed by atoms with Crippen LogP contribution in [0.5, 0.6) is 5.75 Å². The molecule has 1 fully saturated rings. The smallest absolute Gasteiger partial charge is 0.317 e. The first-order valence-electron chi connectivity index (χ1n) is 7.80. The summed E-state index contributed by atoms with van der Waals surface area (Å²) in [5.74, 6) is 0.716. The number of carbonyl (C=O) groups excluding carboxylic acids is 2. The van der Waals surface area contributed by atoms with E-state index in [0.717, 1.165) is 5.75 Å². The lowest BCUT2D eigenvalue weighted by Crippen LogP contribution is -2.56. The van der Waals surface area contributed by atoms with E-state index >= 15 is 0 Å². The zero-order chi connectivity index (χ0) is 17.0. The summed E-state index contributed by atoms with van der Waals surface area (Å²) in [6.45, 7) is 8.04. The highest BCUT2D eigenvalue weighted by Crippen LogP contribution is 2.14. The van der Waals surface area contributed by atoms with Crippen molar-refractivity contribution >= 4 is 11.9 Å². The molecule has 1 aliphatic heterocycles. The third-order valence-electron chi connectivity index (χ3n) is 3.67. The molecule has 3 amide bonds. The number of nitrogens with zero attached hydrogens (tertiary/aromatic N) is 2. The second-order valence-electron chi connectivity index (χ2n) is 6.69. The molecule has 0 radical (unpaired) electrons. The van der Waals surface area contributed by atoms with Gasteiger partial charge in [-0.2, -0.15) is 0 Å². The van der Waals surface area contributed by atoms with Gasteiger partial charge in [-0.3, -0.25) is 4.79 Å². The summed E-state index contributed by atoms with van der Waals surface area (Å²) in [5, 5.41) is 2.95. The fraction of sp³-hybridized carbons (Fsp3) is 0.529. The summed E-state index contributed by atoms with van der Waals surface area (Å²) in [5.41, 5.74) is 0.381. The zero-order valence-corrected chi connectivity index (χ0v) is 14.3. The first-order chi connectivity index (χ1) is 10.8. The van der Waals surface area contributed by atoms with E-state index in [9.17, 15) is 9.59 Å². The van der Waals surface area contributed by atoms with Crippen LogP contribution in [0.3, 0.4) is 0 Å². The summed E-state index contributed by atoms with van der Waals surface area (Å²) in [7, 11) is 1.60. The Hall–Kier alpha value is -2.24. The highest BCUT2D eigenvalue weighted by Gasteiger charge is 2.26. The van der Waals surface area contributed by atoms with Crippen LogP contribution in [0, 0.1) is 0 Å². The minimum atomic E-state index is -0.257. The molecule has 23 heavy (non-hydrogen) atoms. The summed E-state index contributed by atoms with van der Waals surface area (Å²) in [6, 6.07) is 7.01. The summed E-state index contributed by atoms with van der Waals surface area (Å²) in [4.78, 5) is 28.1. The Balaban J connectivity index is 1.90. The second-order valence-corrected chi connectivity index (χ2v) is 6.69. The molecular formula is C17H25N3O3. The van der Waals surface area contributed by atoms with Crippen molar-refractivity contribution in [3.63, 3.8) is 0 Å². The minimum absolute atomic E-state index is 0.0106. The Kier molecular flexibility index (Phi) is 5.13. The normalized spacial score (nSPS) is 15.3. The van der Waals surface area contributed by atoms with Crippen molar-refractivity contribution in [2.45, 2.75) is 26.3 Å². The molecule has 0 spiro atoms. The predicted octanol–water partition coefficient (Wildman–Crippen LogP) is 1.96. The fourth-order valence-electron chi connectivity index (χ4n) is 2.43. The van der Waals surface area contributed by atoms with Crippen LogP contribution >= 0.6 is 0 Å². The maximum absolute atomic E-state index is 12.5. The van der Waals surface area contributed by atoms with Gasteiger partial charge in [0, 0.05) is 37.3 Å². The van der Waals surface area contributed by atoms with Crippen LogP contribution in [0.15, 0.2) is 24.3 Å². The molecule has 0 aromatic heterocycles. The fourth-order valence-corrected chi connectivity index (χ4v) is 2.43. The van der Waals surface area contributed by atoms with Crippen molar-refractivity contribution in [3.05, 3.63) is 29.8 Å². The van der Waals surface area contributed by atoms with E-state index < -0.39 is 0 Å². The van der Waals surface area contributed by atoms with Gasteiger partial charge in [-0.1, -0.05) is 0 Å². The molecule has 6 nitrogen and oxygen atoms in total. The third-order valence-corrected chi connectivity index (χ3v) is 3.67. The van der Waals surface area contributed by atoms with E-state index in [2.05, 4.69) is 5.32 Å². The van der Waals surface area contributed by atoms with Gasteiger partial charge in [0.15, 0.2) is 0 Å². The number of carbonyl (C=O) groups is 2. The SMILES string of the molecule is COc1ccc(C(=O)N2CCN(C(=O)NC(C)(C)C)CC2)cc1. The van der Waals surface area contributed by atoms with Crippen LogP contribution in [-0.2, 0) is 0 Å². The van der Waals surface area contributed by atoms with Crippen LogP contribution in [0.4, 0.5) is 4.79 Å². The Labute approximate surface area is 137 Å². The average Bonchev–Trinajstić information content (AvgIpc) is 2.53. The Bertz CT molecular complexity index is 555. The molecule has 2 rings (SSSR count). The maximum Gasteiger partial charge on any atom is 0.317 e. The summed E-state index contributed by atoms with van der Waals surface area (Å²) >= 11 is 0. The van der Waals surface area contributed by atoms with Crippen LogP contribution in [0.1, 0.15) is 31.1 Å². The van der Waals surface area contributed by atoms with Crippen molar-refractivity contribution in [1.29, 1.82) is 0 Å². The van der Waals surface area contributed by atoms with Gasteiger partial charge in [-0.15, -0.1) is 0 Å². The number of piperazine rings is 1. The number of urea groups is 1. The van der Waals surface area contributed by atoms with Crippen molar-refractivity contribution in [3.8, 4) is 5.75 Å². The molecule has 6 heteroatoms. The van der Waals surface area contributed by atoms with E-state index in [0.29, 0.717) is 31.7 Å². The lowest BCUT2D eigenvalue weighted by Gasteiger charge is -2.36. The molecular weight excluding hydrogens is 294 g/mol. The maximum atomic E-state index is 12.5. The van der Waals surface area contributed by atoms with Gasteiger partial charge >= 0.3 is 6.03 Å². The van der Waals surface area contributed by atoms with Crippen LogP contribution in [0.25, 0.3) is 0 Å². The number of rotatable bonds is 2. The van der Waals surface area contributed by atoms with Crippen LogP contribution < -0.4 is 10.1 Å². The van der Waals surface area contributed by atoms with Crippen LogP contribution in [0.2, 0.25) is 0 Å². The average molecular weight is 319 g/mol. The zero-order valence-electron chi connectivity index (χ0n) is 14.3. The number of amides is 3. The topological polar surface area (TPSA) is 61.9 Å². The molecule has 0 unspecified atom stereocenters. The van der Waals surface area contributed by atoms with Gasteiger partial charge < -0.3 is 19.9 Å². The molecule has 1 heterocycles. The highest BCUT2D eigenvalue weighted by atomic mass is 16.5. The standard InChI is InChI=1S/C17H25N3O3/c1-17(2,3)18-16(22)20-11-9-19(10-12-20)15(21)13-5-7-14(23-4)8-6-13/h5-8H,9-12H2,1-4H3,(H,18,22). The van der Waals surface area contributed by atoms with Gasteiger partial charge in [0.1, 0.15) is 5.75 Å². The number of hydrogen-bond acceptors (Lipinski definition) is 3. The van der Waals surface area contributed by atoms with Crippen molar-refractivity contribution < 1.29 is 14.3 Å². The number of nitrogens with one attached hydrogen (secondary N) is 1. The number of hydrogen-bond donors (Lipinski definition) is 1. The lowest BCUT2D eigenvalue weighted by atomic mass is 10.1. The highest BCUT2D eigenvalue weighted by molar-refractivity contribution is 5.94. The molecule has 0 saturated carbocycles. The van der Waals surface area contributed by atoms with Gasteiger partial charge in [0.05, 0.1) is 7.11 Å². The molecule has 1 aromatic carbocycles. The van der Waals surface area contributed by atoms with Crippen LogP contribution in [-0.4, -0.2) is 60.6 Å². The van der Waals surface area contributed by atoms with E-state index in [1.807, 2.05) is 20.8 Å². The van der Waals surface area contributed by atoms with E-state index in [1.165, 1.54) is 0 Å². The van der Waals surface area contributed by atoms with Crippen molar-refractivity contribution in [2.75, 3.05) is 33.3 Å². The molecule has 1 aromatic rings. The quantitative estimate of drug-likeness (QED) is 0.906. The third kappa shape index (κ3) is 4.61. The minimum Gasteiger partial charge on any atom is -0.497 e. The first-order valence-corrected chi connectivity index (χ1v) is 7.80. The molecule has 0 aliphatic carbocycles. The summed E-state index contributed by atoms with van der Waals surface area (Å²) in [6.07, 6.45) is 0. The van der Waals surface area contributed by atoms with Gasteiger partial charge in [0.25, 0.3) is 5.91 Å². The number of benzene rings is 1. The number of methoxy groups -OCH3 is 1. The number of ether oxygens (including phenoxy) is 1. The molecule has 1 N–H and O–H groups in total. The Morgan fingerprint density at radius 3 is 2.00 bits per heavy atom. The molecule has 1 aliphatic rings. The van der Waals surface area contributed by atoms with Crippen molar-refractivity contribution in [1.82, 2.24) is 15.1 Å². The first kappa shape index (κ1) is 17.1. The van der Waals surface area contributed by atoms with Gasteiger partial charge in [-0.25, -0.2) is 4.79 Å². The Morgan fingerprint density at radius 1 is 1.00 bits per heavy atom. The monoisotopic (exact) mass is 319 g/mol. The predicted molar refractivity (Wildman–Crippen MR) is 88.8 cm³/mol. The largest absolute Gasteiger partial charge is 0.497 e. The lowest BCUT2D eigenvalue weighted by molar-refractivity contribution is 0.0661. The van der Waals surface area contributed by atoms with E-state index in [-0.39, 0.29) is 17.5 Å². The molecule has 126 valence electrons. The van der Waals surface area contributed by atoms with E-state index in [4.69, 9.17) is 4.74 Å². The van der Waals surface area contributed by atoms with Gasteiger partial charge in [-0.05, 0) is 45.0 Å². The second kappa shape index (κ2) is 6.89. The van der Waals surface area contributed by atoms with Gasteiger partial charge in [0.2, 0.25) is 0 Å². The van der Waals surface area contributed by atoms with E-state index in [1.54, 1.807) is 41.2 Å². The molecule has 1 saturated heterocycles. The molecule has 0 bridgehead atoms. The van der Waals surface area contributed by atoms with Crippen molar-refractivity contribution in [2.24, 2.45) is 0 Å². The Morgan fingerprint density at radius 2 is 1.52 bits per heavy atom. The molecule has 0 atom stereocenters.